The molecule has 2 atom stereocenters. The van der Waals surface area contributed by atoms with Crippen molar-refractivity contribution in [2.24, 2.45) is 0 Å². The maximum Gasteiger partial charge on any atom is 0.261 e. The summed E-state index contributed by atoms with van der Waals surface area (Å²) in [5.41, 5.74) is 0.106. The molecule has 2 aromatic rings. The van der Waals surface area contributed by atoms with Crippen molar-refractivity contribution in [2.75, 3.05) is 6.61 Å². The smallest absolute Gasteiger partial charge is 0.261 e. The summed E-state index contributed by atoms with van der Waals surface area (Å²) in [7, 11) is -2.62. The summed E-state index contributed by atoms with van der Waals surface area (Å²) in [6.07, 6.45) is 71.7. The first-order chi connectivity index (χ1) is 35.5. The van der Waals surface area contributed by atoms with E-state index in [0.717, 1.165) is 19.4 Å². The van der Waals surface area contributed by atoms with Gasteiger partial charge in [0.15, 0.2) is 0 Å². The molecule has 0 amide bonds. The largest absolute Gasteiger partial charge is 0.404 e. The molecule has 2 fully saturated rings. The Morgan fingerprint density at radius 1 is 0.333 bits per heavy atom. The first-order valence-corrected chi connectivity index (χ1v) is 34.8. The molecule has 414 valence electrons. The van der Waals surface area contributed by atoms with E-state index >= 15 is 0 Å². The maximum absolute atomic E-state index is 7.88. The van der Waals surface area contributed by atoms with Crippen molar-refractivity contribution < 1.29 is 9.16 Å². The Balaban J connectivity index is 1.18. The minimum Gasteiger partial charge on any atom is -0.404 e. The van der Waals surface area contributed by atoms with Gasteiger partial charge in [0.2, 0.25) is 0 Å². The topological polar surface area (TPSA) is 21.8 Å². The number of hydrogen-bond acceptors (Lipinski definition) is 2. The van der Waals surface area contributed by atoms with Crippen molar-refractivity contribution in [2.45, 2.75) is 359 Å². The third-order valence-corrected chi connectivity index (χ3v) is 22.7. The van der Waals surface area contributed by atoms with Crippen LogP contribution in [0.15, 0.2) is 60.7 Å². The zero-order valence-corrected chi connectivity index (χ0v) is 49.7. The van der Waals surface area contributed by atoms with Gasteiger partial charge in [0.1, 0.15) is 0 Å². The third kappa shape index (κ3) is 29.2. The highest BCUT2D eigenvalue weighted by Gasteiger charge is 2.52. The first-order valence-electron chi connectivity index (χ1n) is 32.9. The Morgan fingerprint density at radius 2 is 0.569 bits per heavy atom. The van der Waals surface area contributed by atoms with Gasteiger partial charge in [-0.1, -0.05) is 377 Å². The highest BCUT2D eigenvalue weighted by atomic mass is 28.4. The monoisotopic (exact) mass is 1010 g/mol. The molecule has 1 heterocycles. The molecule has 0 N–H and O–H groups in total. The highest BCUT2D eigenvalue weighted by molar-refractivity contribution is 6.99. The summed E-state index contributed by atoms with van der Waals surface area (Å²) in [5.74, 6) is 0. The lowest BCUT2D eigenvalue weighted by Gasteiger charge is -2.45. The quantitative estimate of drug-likeness (QED) is 0.225. The lowest BCUT2D eigenvalue weighted by molar-refractivity contribution is 0.143. The predicted octanol–water partition coefficient (Wildman–Crippen LogP) is 22.2. The summed E-state index contributed by atoms with van der Waals surface area (Å²) in [6.45, 7) is 8.30. The van der Waals surface area contributed by atoms with Gasteiger partial charge in [-0.2, -0.15) is 0 Å². The van der Waals surface area contributed by atoms with E-state index in [1.165, 1.54) is 319 Å². The van der Waals surface area contributed by atoms with Crippen LogP contribution in [0.4, 0.5) is 0 Å². The number of ether oxygens (including phenoxy) is 1. The molecule has 0 radical (unpaired) electrons. The summed E-state index contributed by atoms with van der Waals surface area (Å²) in [4.78, 5) is 0. The van der Waals surface area contributed by atoms with Crippen molar-refractivity contribution in [1.29, 1.82) is 0 Å². The summed E-state index contributed by atoms with van der Waals surface area (Å²) in [5, 5.41) is 2.83. The van der Waals surface area contributed by atoms with Crippen LogP contribution >= 0.6 is 0 Å². The molecule has 2 nitrogen and oxygen atoms in total. The molecule has 3 heteroatoms. The van der Waals surface area contributed by atoms with Gasteiger partial charge >= 0.3 is 0 Å². The van der Waals surface area contributed by atoms with Gasteiger partial charge in [0.05, 0.1) is 12.2 Å². The van der Waals surface area contributed by atoms with Crippen molar-refractivity contribution in [3.63, 3.8) is 0 Å². The van der Waals surface area contributed by atoms with Gasteiger partial charge < -0.3 is 9.16 Å². The summed E-state index contributed by atoms with van der Waals surface area (Å²) in [6, 6.07) is 22.8. The summed E-state index contributed by atoms with van der Waals surface area (Å²) < 4.78 is 14.3. The van der Waals surface area contributed by atoms with Gasteiger partial charge in [-0.05, 0) is 41.1 Å². The van der Waals surface area contributed by atoms with E-state index in [-0.39, 0.29) is 16.7 Å². The molecule has 0 bridgehead atoms. The van der Waals surface area contributed by atoms with Gasteiger partial charge in [-0.3, -0.25) is 0 Å². The number of benzene rings is 2. The van der Waals surface area contributed by atoms with E-state index < -0.39 is 8.32 Å². The van der Waals surface area contributed by atoms with Gasteiger partial charge in [0, 0.05) is 6.10 Å². The van der Waals surface area contributed by atoms with Crippen LogP contribution in [0.1, 0.15) is 342 Å². The van der Waals surface area contributed by atoms with Crippen LogP contribution in [0.5, 0.6) is 0 Å². The van der Waals surface area contributed by atoms with E-state index in [4.69, 9.17) is 9.16 Å². The minimum absolute atomic E-state index is 0.00147. The zero-order valence-electron chi connectivity index (χ0n) is 48.7. The molecule has 72 heavy (non-hydrogen) atoms. The fraction of sp³-hybridized carbons (Fsp3) is 0.826. The highest BCUT2D eigenvalue weighted by Crippen LogP contribution is 2.42. The Kier molecular flexibility index (Phi) is 36.6. The number of hydrogen-bond donors (Lipinski definition) is 0. The van der Waals surface area contributed by atoms with E-state index in [1.807, 2.05) is 0 Å². The molecule has 0 aromatic heterocycles. The van der Waals surface area contributed by atoms with Crippen LogP contribution in [-0.2, 0) is 9.16 Å². The summed E-state index contributed by atoms with van der Waals surface area (Å²) >= 11 is 0. The molecule has 2 aliphatic rings. The third-order valence-electron chi connectivity index (χ3n) is 17.6. The standard InChI is InChI=1S/C69H122O2Si/c1-68(2,3)72(66-57-51-48-52-58-66,67-59-53-49-54-60-67)71-65-56-50-46-44-42-40-38-36-34-32-30-28-26-24-22-20-18-16-14-12-10-8-6-4-5-7-9-11-13-15-17-19-21-23-25-27-29-31-33-35-37-39-41-43-45-47-55-62-69(63-61-65)64-70-69/h48-49,51-54,57-60,65H,4-47,50,55-56,61-64H2,1-3H3. The van der Waals surface area contributed by atoms with Crippen LogP contribution in [-0.4, -0.2) is 26.6 Å². The number of epoxide rings is 1. The van der Waals surface area contributed by atoms with Crippen LogP contribution in [0.3, 0.4) is 0 Å². The molecule has 1 saturated carbocycles. The van der Waals surface area contributed by atoms with Gasteiger partial charge in [-0.15, -0.1) is 0 Å². The molecule has 1 spiro atoms. The molecule has 1 saturated heterocycles. The number of rotatable bonds is 4. The molecule has 4 rings (SSSR count). The minimum atomic E-state index is -2.62. The molecular formula is C69H122O2Si. The molecule has 2 unspecified atom stereocenters. The molecule has 1 aliphatic heterocycles. The Morgan fingerprint density at radius 3 is 0.806 bits per heavy atom. The van der Waals surface area contributed by atoms with E-state index in [9.17, 15) is 0 Å². The van der Waals surface area contributed by atoms with Crippen LogP contribution < -0.4 is 10.4 Å². The second kappa shape index (κ2) is 41.7. The van der Waals surface area contributed by atoms with Crippen molar-refractivity contribution in [3.05, 3.63) is 60.7 Å². The van der Waals surface area contributed by atoms with Crippen LogP contribution in [0, 0.1) is 0 Å². The molecule has 1 aliphatic carbocycles. The molecular weight excluding hydrogens is 889 g/mol. The van der Waals surface area contributed by atoms with Crippen LogP contribution in [0.2, 0.25) is 5.04 Å². The average molecular weight is 1010 g/mol. The predicted molar refractivity (Wildman–Crippen MR) is 322 cm³/mol. The Bertz CT molecular complexity index is 1420. The maximum atomic E-state index is 7.88. The van der Waals surface area contributed by atoms with E-state index in [0.29, 0.717) is 0 Å². The second-order valence-corrected chi connectivity index (χ2v) is 29.5. The van der Waals surface area contributed by atoms with E-state index in [1.54, 1.807) is 0 Å². The van der Waals surface area contributed by atoms with Gasteiger partial charge in [0.25, 0.3) is 8.32 Å². The zero-order chi connectivity index (χ0) is 50.8. The van der Waals surface area contributed by atoms with Crippen molar-refractivity contribution in [1.82, 2.24) is 0 Å². The van der Waals surface area contributed by atoms with Gasteiger partial charge in [-0.25, -0.2) is 0 Å². The fourth-order valence-corrected chi connectivity index (χ4v) is 17.5. The lowest BCUT2D eigenvalue weighted by atomic mass is 9.93. The second-order valence-electron chi connectivity index (χ2n) is 25.2. The molecule has 2 aromatic carbocycles. The van der Waals surface area contributed by atoms with Crippen LogP contribution in [0.25, 0.3) is 0 Å². The Labute approximate surface area is 451 Å². The van der Waals surface area contributed by atoms with E-state index in [2.05, 4.69) is 81.4 Å². The van der Waals surface area contributed by atoms with Crippen molar-refractivity contribution in [3.8, 4) is 0 Å². The van der Waals surface area contributed by atoms with Crippen molar-refractivity contribution >= 4 is 18.7 Å². The SMILES string of the molecule is CC(C)(C)[Si](OC1CCCCCCCCCCCCCCCCCCCCCCCCCCCCCCCCCCCCCCCCCCCCCCCCC2(CC1)CO2)(c1ccccc1)c1ccccc1. The first kappa shape index (κ1) is 63.1. The fourth-order valence-electron chi connectivity index (χ4n) is 12.7. The Hall–Kier alpha value is -1.42. The normalized spacial score (nSPS) is 24.7. The average Bonchev–Trinajstić information content (AvgIpc) is 4.17. The lowest BCUT2D eigenvalue weighted by Crippen LogP contribution is -2.67.